The van der Waals surface area contributed by atoms with Gasteiger partial charge in [-0.2, -0.15) is 0 Å². The third kappa shape index (κ3) is 6.06. The first-order valence-electron chi connectivity index (χ1n) is 8.32. The molecule has 0 unspecified atom stereocenters. The largest absolute Gasteiger partial charge is 0.444 e. The summed E-state index contributed by atoms with van der Waals surface area (Å²) in [6, 6.07) is -2.44. The number of carbonyl (C=O) groups is 4. The molecule has 0 aromatic heterocycles. The van der Waals surface area contributed by atoms with Crippen LogP contribution in [0.3, 0.4) is 0 Å². The van der Waals surface area contributed by atoms with Gasteiger partial charge in [0, 0.05) is 6.54 Å². The molecule has 1 rings (SSSR count). The van der Waals surface area contributed by atoms with Gasteiger partial charge in [-0.3, -0.25) is 25.6 Å². The van der Waals surface area contributed by atoms with Crippen LogP contribution in [0.4, 0.5) is 9.59 Å². The number of hydrogen-bond acceptors (Lipinski definition) is 6. The van der Waals surface area contributed by atoms with Gasteiger partial charge >= 0.3 is 12.1 Å². The molecule has 1 aliphatic heterocycles. The van der Waals surface area contributed by atoms with Crippen molar-refractivity contribution in [1.82, 2.24) is 26.1 Å². The highest BCUT2D eigenvalue weighted by molar-refractivity contribution is 5.91. The van der Waals surface area contributed by atoms with Crippen LogP contribution in [0.15, 0.2) is 0 Å². The molecule has 26 heavy (non-hydrogen) atoms. The van der Waals surface area contributed by atoms with Gasteiger partial charge in [-0.1, -0.05) is 0 Å². The van der Waals surface area contributed by atoms with E-state index in [0.717, 1.165) is 0 Å². The van der Waals surface area contributed by atoms with Gasteiger partial charge in [-0.25, -0.2) is 14.7 Å². The van der Waals surface area contributed by atoms with E-state index in [9.17, 15) is 24.4 Å². The Morgan fingerprint density at radius 2 is 1.92 bits per heavy atom. The SMILES string of the molecule is CCN1C(=O)N(O)CC[C@H]1C(=O)NNC(=O)[C@@H](C)NC(=O)OC(C)(C)C. The van der Waals surface area contributed by atoms with E-state index in [4.69, 9.17) is 4.74 Å². The first-order chi connectivity index (χ1) is 12.0. The highest BCUT2D eigenvalue weighted by Crippen LogP contribution is 2.14. The van der Waals surface area contributed by atoms with Crippen LogP contribution in [0, 0.1) is 0 Å². The number of alkyl carbamates (subject to hydrolysis) is 1. The van der Waals surface area contributed by atoms with Gasteiger partial charge in [0.25, 0.3) is 11.8 Å². The highest BCUT2D eigenvalue weighted by atomic mass is 16.6. The number of amides is 5. The molecule has 11 heteroatoms. The van der Waals surface area contributed by atoms with Crippen molar-refractivity contribution < 1.29 is 29.1 Å². The van der Waals surface area contributed by atoms with Crippen molar-refractivity contribution in [3.05, 3.63) is 0 Å². The number of hydrogen-bond donors (Lipinski definition) is 4. The van der Waals surface area contributed by atoms with Gasteiger partial charge in [-0.05, 0) is 41.0 Å². The molecular formula is C15H27N5O6. The van der Waals surface area contributed by atoms with E-state index in [0.29, 0.717) is 5.06 Å². The maximum Gasteiger partial charge on any atom is 0.408 e. The number of hydroxylamine groups is 2. The minimum Gasteiger partial charge on any atom is -0.444 e. The predicted octanol–water partition coefficient (Wildman–Crippen LogP) is -0.0476. The van der Waals surface area contributed by atoms with Crippen LogP contribution >= 0.6 is 0 Å². The molecule has 1 fully saturated rings. The molecule has 0 aliphatic carbocycles. The average Bonchev–Trinajstić information content (AvgIpc) is 2.52. The molecule has 0 aromatic carbocycles. The zero-order chi connectivity index (χ0) is 20.1. The van der Waals surface area contributed by atoms with Crippen LogP contribution in [-0.2, 0) is 14.3 Å². The Bertz CT molecular complexity index is 561. The molecule has 0 saturated carbocycles. The van der Waals surface area contributed by atoms with E-state index in [1.54, 1.807) is 27.7 Å². The number of nitrogens with one attached hydrogen (secondary N) is 3. The fourth-order valence-electron chi connectivity index (χ4n) is 2.27. The number of likely N-dealkylation sites (N-methyl/N-ethyl adjacent to an activating group) is 1. The number of nitrogens with zero attached hydrogens (tertiary/aromatic N) is 2. The van der Waals surface area contributed by atoms with Crippen LogP contribution < -0.4 is 16.2 Å². The molecule has 1 heterocycles. The van der Waals surface area contributed by atoms with Crippen molar-refractivity contribution in [1.29, 1.82) is 0 Å². The second-order valence-corrected chi connectivity index (χ2v) is 6.84. The van der Waals surface area contributed by atoms with Crippen LogP contribution in [0.25, 0.3) is 0 Å². The Balaban J connectivity index is 2.52. The smallest absolute Gasteiger partial charge is 0.408 e. The quantitative estimate of drug-likeness (QED) is 0.402. The first-order valence-corrected chi connectivity index (χ1v) is 8.32. The van der Waals surface area contributed by atoms with Crippen molar-refractivity contribution in [2.75, 3.05) is 13.1 Å². The molecule has 2 atom stereocenters. The lowest BCUT2D eigenvalue weighted by Crippen LogP contribution is -2.61. The van der Waals surface area contributed by atoms with E-state index >= 15 is 0 Å². The molecule has 0 bridgehead atoms. The third-order valence-corrected chi connectivity index (χ3v) is 3.54. The summed E-state index contributed by atoms with van der Waals surface area (Å²) in [6.45, 7) is 8.40. The molecule has 0 radical (unpaired) electrons. The Hall–Kier alpha value is -2.56. The second kappa shape index (κ2) is 8.70. The van der Waals surface area contributed by atoms with Gasteiger partial charge in [0.2, 0.25) is 0 Å². The number of urea groups is 1. The maximum atomic E-state index is 12.2. The average molecular weight is 373 g/mol. The van der Waals surface area contributed by atoms with Gasteiger partial charge in [0.05, 0.1) is 6.54 Å². The van der Waals surface area contributed by atoms with Gasteiger partial charge < -0.3 is 15.0 Å². The summed E-state index contributed by atoms with van der Waals surface area (Å²) < 4.78 is 5.04. The molecule has 11 nitrogen and oxygen atoms in total. The number of ether oxygens (including phenoxy) is 1. The highest BCUT2D eigenvalue weighted by Gasteiger charge is 2.36. The maximum absolute atomic E-state index is 12.2. The first kappa shape index (κ1) is 21.5. The van der Waals surface area contributed by atoms with E-state index in [1.807, 2.05) is 0 Å². The van der Waals surface area contributed by atoms with E-state index < -0.39 is 41.6 Å². The van der Waals surface area contributed by atoms with Crippen molar-refractivity contribution in [2.45, 2.75) is 58.7 Å². The summed E-state index contributed by atoms with van der Waals surface area (Å²) in [5.41, 5.74) is 3.72. The molecule has 0 aromatic rings. The molecular weight excluding hydrogens is 346 g/mol. The van der Waals surface area contributed by atoms with Crippen LogP contribution in [0.2, 0.25) is 0 Å². The second-order valence-electron chi connectivity index (χ2n) is 6.84. The topological polar surface area (TPSA) is 140 Å². The summed E-state index contributed by atoms with van der Waals surface area (Å²) in [6.07, 6.45) is -0.548. The minimum absolute atomic E-state index is 0.0119. The van der Waals surface area contributed by atoms with Crippen molar-refractivity contribution in [2.24, 2.45) is 0 Å². The van der Waals surface area contributed by atoms with Crippen LogP contribution in [-0.4, -0.2) is 69.9 Å². The van der Waals surface area contributed by atoms with Crippen molar-refractivity contribution in [3.8, 4) is 0 Å². The van der Waals surface area contributed by atoms with Crippen molar-refractivity contribution >= 4 is 23.9 Å². The Labute approximate surface area is 151 Å². The molecule has 1 aliphatic rings. The monoisotopic (exact) mass is 373 g/mol. The minimum atomic E-state index is -0.951. The molecule has 1 saturated heterocycles. The summed E-state index contributed by atoms with van der Waals surface area (Å²) in [7, 11) is 0. The molecule has 4 N–H and O–H groups in total. The van der Waals surface area contributed by atoms with Crippen molar-refractivity contribution in [3.63, 3.8) is 0 Å². The van der Waals surface area contributed by atoms with Gasteiger partial charge in [-0.15, -0.1) is 0 Å². The third-order valence-electron chi connectivity index (χ3n) is 3.54. The summed E-state index contributed by atoms with van der Waals surface area (Å²) in [5.74, 6) is -1.25. The van der Waals surface area contributed by atoms with Crippen LogP contribution in [0.5, 0.6) is 0 Å². The molecule has 0 spiro atoms. The number of rotatable bonds is 4. The lowest BCUT2D eigenvalue weighted by molar-refractivity contribution is -0.136. The summed E-state index contributed by atoms with van der Waals surface area (Å²) >= 11 is 0. The van der Waals surface area contributed by atoms with E-state index in [-0.39, 0.29) is 19.5 Å². The zero-order valence-corrected chi connectivity index (χ0v) is 15.7. The Kier molecular flexibility index (Phi) is 7.19. The summed E-state index contributed by atoms with van der Waals surface area (Å²) in [4.78, 5) is 48.8. The number of hydrazine groups is 1. The Morgan fingerprint density at radius 1 is 1.31 bits per heavy atom. The normalized spacial score (nSPS) is 18.8. The summed E-state index contributed by atoms with van der Waals surface area (Å²) in [5, 5.41) is 12.3. The molecule has 148 valence electrons. The van der Waals surface area contributed by atoms with E-state index in [1.165, 1.54) is 11.8 Å². The lowest BCUT2D eigenvalue weighted by atomic mass is 10.1. The molecule has 5 amide bonds. The Morgan fingerprint density at radius 3 is 2.46 bits per heavy atom. The number of carbonyl (C=O) groups excluding carboxylic acids is 4. The van der Waals surface area contributed by atoms with Gasteiger partial charge in [0.1, 0.15) is 17.7 Å². The fraction of sp³-hybridized carbons (Fsp3) is 0.733. The predicted molar refractivity (Wildman–Crippen MR) is 89.8 cm³/mol. The fourth-order valence-corrected chi connectivity index (χ4v) is 2.27. The van der Waals surface area contributed by atoms with Crippen LogP contribution in [0.1, 0.15) is 41.0 Å². The lowest BCUT2D eigenvalue weighted by Gasteiger charge is -2.37. The van der Waals surface area contributed by atoms with Gasteiger partial charge in [0.15, 0.2) is 0 Å². The van der Waals surface area contributed by atoms with E-state index in [2.05, 4.69) is 16.2 Å². The zero-order valence-electron chi connectivity index (χ0n) is 15.7. The standard InChI is InChI=1S/C15H27N5O6/c1-6-19-10(7-8-20(25)14(19)24)12(22)18-17-11(21)9(2)16-13(23)26-15(3,4)5/h9-10,25H,6-8H2,1-5H3,(H,16,23)(H,17,21)(H,18,22)/t9-,10+/m1/s1.